The molecule has 1 aliphatic heterocycles. The molecule has 0 spiro atoms. The van der Waals surface area contributed by atoms with Crippen LogP contribution in [0, 0.1) is 5.82 Å². The number of amides is 2. The molecule has 2 amide bonds. The van der Waals surface area contributed by atoms with Crippen molar-refractivity contribution in [1.29, 1.82) is 0 Å². The Morgan fingerprint density at radius 2 is 2.00 bits per heavy atom. The van der Waals surface area contributed by atoms with Gasteiger partial charge in [0.05, 0.1) is 12.3 Å². The zero-order chi connectivity index (χ0) is 16.3. The maximum absolute atomic E-state index is 12.9. The molecule has 0 bridgehead atoms. The molecule has 1 atom stereocenters. The number of rotatable bonds is 4. The molecule has 2 rings (SSSR count). The van der Waals surface area contributed by atoms with Crippen LogP contribution < -0.4 is 5.32 Å². The minimum Gasteiger partial charge on any atom is -0.379 e. The summed E-state index contributed by atoms with van der Waals surface area (Å²) in [5, 5.41) is 6.45. The zero-order valence-electron chi connectivity index (χ0n) is 12.7. The highest BCUT2D eigenvalue weighted by molar-refractivity contribution is 6.05. The van der Waals surface area contributed by atoms with Gasteiger partial charge in [0, 0.05) is 20.5 Å². The lowest BCUT2D eigenvalue weighted by Gasteiger charge is -2.20. The topological polar surface area (TPSA) is 71.0 Å². The highest BCUT2D eigenvalue weighted by atomic mass is 19.1. The van der Waals surface area contributed by atoms with Gasteiger partial charge in [-0.1, -0.05) is 17.3 Å². The van der Waals surface area contributed by atoms with Crippen molar-refractivity contribution in [2.24, 2.45) is 5.16 Å². The first-order chi connectivity index (χ1) is 10.3. The third kappa shape index (κ3) is 3.41. The van der Waals surface area contributed by atoms with E-state index in [1.54, 1.807) is 33.2 Å². The third-order valence-corrected chi connectivity index (χ3v) is 3.42. The van der Waals surface area contributed by atoms with Crippen molar-refractivity contribution in [3.05, 3.63) is 35.6 Å². The molecule has 0 radical (unpaired) electrons. The molecule has 1 unspecified atom stereocenters. The predicted molar refractivity (Wildman–Crippen MR) is 78.7 cm³/mol. The van der Waals surface area contributed by atoms with E-state index in [-0.39, 0.29) is 24.7 Å². The minimum atomic E-state index is -1.17. The molecular formula is C15H18FN3O3. The average molecular weight is 307 g/mol. The molecule has 1 aromatic rings. The van der Waals surface area contributed by atoms with Crippen LogP contribution in [0.2, 0.25) is 0 Å². The number of hydrogen-bond acceptors (Lipinski definition) is 4. The molecule has 6 nitrogen and oxygen atoms in total. The van der Waals surface area contributed by atoms with Crippen LogP contribution in [0.4, 0.5) is 4.39 Å². The van der Waals surface area contributed by atoms with Crippen LogP contribution in [0.5, 0.6) is 0 Å². The van der Waals surface area contributed by atoms with E-state index in [4.69, 9.17) is 4.84 Å². The smallest absolute Gasteiger partial charge is 0.267 e. The first-order valence-electron chi connectivity index (χ1n) is 6.81. The predicted octanol–water partition coefficient (Wildman–Crippen LogP) is 0.913. The van der Waals surface area contributed by atoms with Crippen LogP contribution in [0.15, 0.2) is 29.4 Å². The Hall–Kier alpha value is -2.44. The molecule has 22 heavy (non-hydrogen) atoms. The van der Waals surface area contributed by atoms with Gasteiger partial charge >= 0.3 is 0 Å². The molecule has 0 aliphatic carbocycles. The third-order valence-electron chi connectivity index (χ3n) is 3.42. The lowest BCUT2D eigenvalue weighted by Crippen LogP contribution is -2.47. The highest BCUT2D eigenvalue weighted by Gasteiger charge is 2.42. The van der Waals surface area contributed by atoms with Gasteiger partial charge in [-0.25, -0.2) is 4.39 Å². The molecule has 1 N–H and O–H groups in total. The number of benzene rings is 1. The molecule has 0 aromatic heterocycles. The largest absolute Gasteiger partial charge is 0.379 e. The second-order valence-electron chi connectivity index (χ2n) is 5.51. The van der Waals surface area contributed by atoms with Crippen LogP contribution in [0.25, 0.3) is 0 Å². The van der Waals surface area contributed by atoms with Crippen molar-refractivity contribution < 1.29 is 18.8 Å². The standard InChI is InChI=1S/C15H18FN3O3/c1-15(14(21)17-9-13(20)19(2)3)8-12(18-22-15)10-4-6-11(16)7-5-10/h4-7H,8-9H2,1-3H3,(H,17,21). The molecule has 1 aliphatic rings. The van der Waals surface area contributed by atoms with Crippen LogP contribution in [-0.4, -0.2) is 48.7 Å². The van der Waals surface area contributed by atoms with Gasteiger partial charge in [-0.15, -0.1) is 0 Å². The Bertz CT molecular complexity index is 613. The number of hydrogen-bond donors (Lipinski definition) is 1. The van der Waals surface area contributed by atoms with Crippen molar-refractivity contribution in [3.8, 4) is 0 Å². The first kappa shape index (κ1) is 15.9. The van der Waals surface area contributed by atoms with Gasteiger partial charge in [-0.05, 0) is 24.6 Å². The van der Waals surface area contributed by atoms with E-state index >= 15 is 0 Å². The van der Waals surface area contributed by atoms with Crippen molar-refractivity contribution >= 4 is 17.5 Å². The monoisotopic (exact) mass is 307 g/mol. The van der Waals surface area contributed by atoms with E-state index in [2.05, 4.69) is 10.5 Å². The second kappa shape index (κ2) is 6.13. The number of carbonyl (C=O) groups is 2. The fourth-order valence-corrected chi connectivity index (χ4v) is 1.96. The molecule has 0 fully saturated rings. The van der Waals surface area contributed by atoms with Gasteiger partial charge in [-0.2, -0.15) is 0 Å². The molecular weight excluding hydrogens is 289 g/mol. The van der Waals surface area contributed by atoms with Crippen LogP contribution >= 0.6 is 0 Å². The Labute approximate surface area is 127 Å². The van der Waals surface area contributed by atoms with Gasteiger partial charge in [0.15, 0.2) is 0 Å². The van der Waals surface area contributed by atoms with E-state index in [0.29, 0.717) is 11.3 Å². The van der Waals surface area contributed by atoms with E-state index in [9.17, 15) is 14.0 Å². The lowest BCUT2D eigenvalue weighted by molar-refractivity contribution is -0.143. The first-order valence-corrected chi connectivity index (χ1v) is 6.81. The molecule has 1 heterocycles. The van der Waals surface area contributed by atoms with Crippen LogP contribution in [0.1, 0.15) is 18.9 Å². The van der Waals surface area contributed by atoms with E-state index in [0.717, 1.165) is 0 Å². The Kier molecular flexibility index (Phi) is 4.44. The molecule has 7 heteroatoms. The summed E-state index contributed by atoms with van der Waals surface area (Å²) in [6, 6.07) is 5.81. The number of likely N-dealkylation sites (N-methyl/N-ethyl adjacent to an activating group) is 1. The van der Waals surface area contributed by atoms with Gasteiger partial charge in [-0.3, -0.25) is 9.59 Å². The highest BCUT2D eigenvalue weighted by Crippen LogP contribution is 2.26. The molecule has 118 valence electrons. The fourth-order valence-electron chi connectivity index (χ4n) is 1.96. The summed E-state index contributed by atoms with van der Waals surface area (Å²) in [5.74, 6) is -0.968. The van der Waals surface area contributed by atoms with E-state index in [1.807, 2.05) is 0 Å². The Balaban J connectivity index is 1.98. The summed E-state index contributed by atoms with van der Waals surface area (Å²) in [4.78, 5) is 30.3. The van der Waals surface area contributed by atoms with Crippen LogP contribution in [-0.2, 0) is 14.4 Å². The maximum Gasteiger partial charge on any atom is 0.267 e. The Morgan fingerprint density at radius 1 is 1.36 bits per heavy atom. The van der Waals surface area contributed by atoms with Crippen molar-refractivity contribution in [1.82, 2.24) is 10.2 Å². The quantitative estimate of drug-likeness (QED) is 0.899. The fraction of sp³-hybridized carbons (Fsp3) is 0.400. The van der Waals surface area contributed by atoms with Gasteiger partial charge in [0.1, 0.15) is 5.82 Å². The number of halogens is 1. The normalized spacial score (nSPS) is 20.1. The van der Waals surface area contributed by atoms with Crippen LogP contribution in [0.3, 0.4) is 0 Å². The summed E-state index contributed by atoms with van der Waals surface area (Å²) >= 11 is 0. The van der Waals surface area contributed by atoms with Crippen molar-refractivity contribution in [2.75, 3.05) is 20.6 Å². The number of nitrogens with zero attached hydrogens (tertiary/aromatic N) is 2. The lowest BCUT2D eigenvalue weighted by atomic mass is 9.95. The second-order valence-corrected chi connectivity index (χ2v) is 5.51. The molecule has 0 saturated carbocycles. The zero-order valence-corrected chi connectivity index (χ0v) is 12.7. The summed E-state index contributed by atoms with van der Waals surface area (Å²) in [6.45, 7) is 1.50. The van der Waals surface area contributed by atoms with Crippen molar-refractivity contribution in [3.63, 3.8) is 0 Å². The van der Waals surface area contributed by atoms with Crippen molar-refractivity contribution in [2.45, 2.75) is 18.9 Å². The summed E-state index contributed by atoms with van der Waals surface area (Å²) in [6.07, 6.45) is 0.251. The summed E-state index contributed by atoms with van der Waals surface area (Å²) in [7, 11) is 3.22. The van der Waals surface area contributed by atoms with E-state index in [1.165, 1.54) is 17.0 Å². The molecule has 0 saturated heterocycles. The number of oxime groups is 1. The molecule has 1 aromatic carbocycles. The van der Waals surface area contributed by atoms with Gasteiger partial charge < -0.3 is 15.1 Å². The number of carbonyl (C=O) groups excluding carboxylic acids is 2. The average Bonchev–Trinajstić information content (AvgIpc) is 2.88. The summed E-state index contributed by atoms with van der Waals surface area (Å²) < 4.78 is 12.9. The van der Waals surface area contributed by atoms with Gasteiger partial charge in [0.2, 0.25) is 11.5 Å². The SMILES string of the molecule is CN(C)C(=O)CNC(=O)C1(C)CC(c2ccc(F)cc2)=NO1. The number of nitrogens with one attached hydrogen (secondary N) is 1. The van der Waals surface area contributed by atoms with Gasteiger partial charge in [0.25, 0.3) is 5.91 Å². The minimum absolute atomic E-state index is 0.101. The maximum atomic E-state index is 12.9. The Morgan fingerprint density at radius 3 is 2.59 bits per heavy atom. The van der Waals surface area contributed by atoms with E-state index < -0.39 is 11.5 Å². The summed E-state index contributed by atoms with van der Waals surface area (Å²) in [5.41, 5.74) is 0.0925.